The first-order valence-corrected chi connectivity index (χ1v) is 7.73. The summed E-state index contributed by atoms with van der Waals surface area (Å²) < 4.78 is 5.26. The van der Waals surface area contributed by atoms with Gasteiger partial charge >= 0.3 is 0 Å². The molecule has 0 fully saturated rings. The van der Waals surface area contributed by atoms with Crippen molar-refractivity contribution >= 4 is 21.6 Å². The molecule has 0 atom stereocenters. The highest BCUT2D eigenvalue weighted by molar-refractivity contribution is 8.76. The van der Waals surface area contributed by atoms with Gasteiger partial charge in [0.05, 0.1) is 6.61 Å². The van der Waals surface area contributed by atoms with Crippen LogP contribution in [-0.2, 0) is 10.5 Å². The Morgan fingerprint density at radius 2 is 2.00 bits per heavy atom. The minimum Gasteiger partial charge on any atom is -0.381 e. The van der Waals surface area contributed by atoms with Crippen LogP contribution >= 0.6 is 21.6 Å². The molecule has 0 heterocycles. The van der Waals surface area contributed by atoms with Crippen molar-refractivity contribution in [2.45, 2.75) is 12.7 Å². The lowest BCUT2D eigenvalue weighted by Crippen LogP contribution is -1.94. The van der Waals surface area contributed by atoms with Crippen LogP contribution in [-0.4, -0.2) is 19.0 Å². The molecule has 0 aliphatic rings. The number of ether oxygens (including phenoxy) is 1. The van der Waals surface area contributed by atoms with Crippen molar-refractivity contribution in [3.8, 4) is 12.3 Å². The fraction of sp³-hybridized carbons (Fsp3) is 0.385. The minimum absolute atomic E-state index is 0.804. The molecule has 0 aromatic heterocycles. The molecule has 1 nitrogen and oxygen atoms in total. The maximum atomic E-state index is 5.29. The van der Waals surface area contributed by atoms with Crippen molar-refractivity contribution < 1.29 is 4.74 Å². The topological polar surface area (TPSA) is 9.23 Å². The van der Waals surface area contributed by atoms with Crippen LogP contribution in [0.25, 0.3) is 0 Å². The van der Waals surface area contributed by atoms with Gasteiger partial charge in [-0.25, -0.2) is 0 Å². The van der Waals surface area contributed by atoms with E-state index in [1.54, 1.807) is 0 Å². The first-order chi connectivity index (χ1) is 7.86. The van der Waals surface area contributed by atoms with Crippen LogP contribution in [0.4, 0.5) is 0 Å². The zero-order chi connectivity index (χ0) is 11.6. The lowest BCUT2D eigenvalue weighted by Gasteiger charge is -2.02. The zero-order valence-electron chi connectivity index (χ0n) is 9.44. The molecule has 0 spiro atoms. The van der Waals surface area contributed by atoms with Gasteiger partial charge in [0.1, 0.15) is 0 Å². The van der Waals surface area contributed by atoms with Gasteiger partial charge in [0.25, 0.3) is 0 Å². The Morgan fingerprint density at radius 1 is 1.25 bits per heavy atom. The van der Waals surface area contributed by atoms with Crippen LogP contribution in [0.15, 0.2) is 24.3 Å². The lowest BCUT2D eigenvalue weighted by molar-refractivity contribution is 0.165. The third-order valence-corrected chi connectivity index (χ3v) is 4.25. The van der Waals surface area contributed by atoms with Crippen LogP contribution in [0.1, 0.15) is 18.1 Å². The first-order valence-electron chi connectivity index (χ1n) is 5.24. The van der Waals surface area contributed by atoms with Gasteiger partial charge in [0, 0.05) is 23.7 Å². The van der Waals surface area contributed by atoms with Crippen molar-refractivity contribution in [3.63, 3.8) is 0 Å². The van der Waals surface area contributed by atoms with Gasteiger partial charge in [-0.3, -0.25) is 0 Å². The molecular formula is C13H16OS2. The van der Waals surface area contributed by atoms with Gasteiger partial charge in [-0.2, -0.15) is 0 Å². The van der Waals surface area contributed by atoms with Gasteiger partial charge in [-0.05, 0) is 24.6 Å². The molecule has 0 amide bonds. The highest BCUT2D eigenvalue weighted by Gasteiger charge is 1.95. The normalized spacial score (nSPS) is 10.0. The number of hydrogen-bond donors (Lipinski definition) is 0. The molecule has 0 bridgehead atoms. The summed E-state index contributed by atoms with van der Waals surface area (Å²) in [4.78, 5) is 0. The second-order valence-electron chi connectivity index (χ2n) is 3.12. The smallest absolute Gasteiger partial charge is 0.0564 e. The summed E-state index contributed by atoms with van der Waals surface area (Å²) in [5, 5.41) is 0. The molecule has 0 radical (unpaired) electrons. The molecule has 0 unspecified atom stereocenters. The second-order valence-corrected chi connectivity index (χ2v) is 5.70. The maximum Gasteiger partial charge on any atom is 0.0564 e. The molecule has 0 aliphatic heterocycles. The van der Waals surface area contributed by atoms with Crippen molar-refractivity contribution in [2.75, 3.05) is 19.0 Å². The van der Waals surface area contributed by atoms with Crippen LogP contribution in [0, 0.1) is 12.3 Å². The van der Waals surface area contributed by atoms with Crippen LogP contribution in [0.3, 0.4) is 0 Å². The maximum absolute atomic E-state index is 5.29. The molecule has 1 aromatic rings. The average molecular weight is 252 g/mol. The number of rotatable bonds is 7. The zero-order valence-corrected chi connectivity index (χ0v) is 11.1. The molecule has 16 heavy (non-hydrogen) atoms. The summed E-state index contributed by atoms with van der Waals surface area (Å²) in [5.74, 6) is 4.67. The van der Waals surface area contributed by atoms with E-state index in [-0.39, 0.29) is 0 Å². The van der Waals surface area contributed by atoms with Gasteiger partial charge in [0.2, 0.25) is 0 Å². The minimum atomic E-state index is 0.804. The first kappa shape index (κ1) is 13.5. The molecule has 0 saturated heterocycles. The molecule has 0 saturated carbocycles. The monoisotopic (exact) mass is 252 g/mol. The third kappa shape index (κ3) is 5.50. The summed E-state index contributed by atoms with van der Waals surface area (Å²) >= 11 is 0. The van der Waals surface area contributed by atoms with Crippen LogP contribution < -0.4 is 0 Å². The van der Waals surface area contributed by atoms with E-state index in [1.165, 1.54) is 5.56 Å². The predicted octanol–water partition coefficient (Wildman–Crippen LogP) is 3.59. The van der Waals surface area contributed by atoms with Gasteiger partial charge in [0.15, 0.2) is 0 Å². The lowest BCUT2D eigenvalue weighted by atomic mass is 10.2. The molecule has 3 heteroatoms. The second kappa shape index (κ2) is 8.58. The summed E-state index contributed by atoms with van der Waals surface area (Å²) in [6.45, 7) is 3.66. The SMILES string of the molecule is C#Cc1ccc(CSSCCOCC)cc1. The summed E-state index contributed by atoms with van der Waals surface area (Å²) in [6.07, 6.45) is 5.29. The van der Waals surface area contributed by atoms with E-state index in [1.807, 2.05) is 40.6 Å². The summed E-state index contributed by atoms with van der Waals surface area (Å²) in [7, 11) is 3.70. The Balaban J connectivity index is 2.15. The van der Waals surface area contributed by atoms with Gasteiger partial charge in [-0.1, -0.05) is 39.6 Å². The average Bonchev–Trinajstić information content (AvgIpc) is 2.34. The fourth-order valence-electron chi connectivity index (χ4n) is 1.10. The molecule has 0 aliphatic carbocycles. The van der Waals surface area contributed by atoms with E-state index < -0.39 is 0 Å². The van der Waals surface area contributed by atoms with Crippen molar-refractivity contribution in [3.05, 3.63) is 35.4 Å². The fourth-order valence-corrected chi connectivity index (χ4v) is 3.03. The Kier molecular flexibility index (Phi) is 7.24. The molecule has 1 aromatic carbocycles. The van der Waals surface area contributed by atoms with Crippen molar-refractivity contribution in [1.29, 1.82) is 0 Å². The Hall–Kier alpha value is -0.560. The quantitative estimate of drug-likeness (QED) is 0.417. The van der Waals surface area contributed by atoms with Gasteiger partial charge < -0.3 is 4.74 Å². The standard InChI is InChI=1S/C13H16OS2/c1-3-12-5-7-13(8-6-12)11-16-15-10-9-14-4-2/h1,5-8H,4,9-11H2,2H3. The largest absolute Gasteiger partial charge is 0.381 e. The molecular weight excluding hydrogens is 236 g/mol. The predicted molar refractivity (Wildman–Crippen MR) is 74.6 cm³/mol. The van der Waals surface area contributed by atoms with E-state index in [2.05, 4.69) is 18.1 Å². The van der Waals surface area contributed by atoms with E-state index in [9.17, 15) is 0 Å². The van der Waals surface area contributed by atoms with E-state index in [0.29, 0.717) is 0 Å². The Bertz CT molecular complexity index is 327. The Labute approximate surface area is 106 Å². The summed E-state index contributed by atoms with van der Waals surface area (Å²) in [6, 6.07) is 8.15. The van der Waals surface area contributed by atoms with Crippen LogP contribution in [0.5, 0.6) is 0 Å². The third-order valence-electron chi connectivity index (χ3n) is 1.94. The van der Waals surface area contributed by atoms with Crippen LogP contribution in [0.2, 0.25) is 0 Å². The van der Waals surface area contributed by atoms with Crippen molar-refractivity contribution in [1.82, 2.24) is 0 Å². The molecule has 86 valence electrons. The van der Waals surface area contributed by atoms with Gasteiger partial charge in [-0.15, -0.1) is 6.42 Å². The van der Waals surface area contributed by atoms with E-state index in [4.69, 9.17) is 11.2 Å². The highest BCUT2D eigenvalue weighted by Crippen LogP contribution is 2.25. The summed E-state index contributed by atoms with van der Waals surface area (Å²) in [5.41, 5.74) is 2.26. The van der Waals surface area contributed by atoms with E-state index >= 15 is 0 Å². The number of terminal acetylenes is 1. The number of benzene rings is 1. The number of hydrogen-bond acceptors (Lipinski definition) is 3. The molecule has 0 N–H and O–H groups in total. The van der Waals surface area contributed by atoms with Crippen molar-refractivity contribution in [2.24, 2.45) is 0 Å². The highest BCUT2D eigenvalue weighted by atomic mass is 33.1. The Morgan fingerprint density at radius 3 is 2.62 bits per heavy atom. The van der Waals surface area contributed by atoms with E-state index in [0.717, 1.165) is 30.3 Å². The molecule has 1 rings (SSSR count).